The van der Waals surface area contributed by atoms with Gasteiger partial charge in [0.15, 0.2) is 0 Å². The first-order valence-corrected chi connectivity index (χ1v) is 5.66. The molecule has 2 aliphatic rings. The molecular weight excluding hydrogens is 174 g/mol. The quantitative estimate of drug-likeness (QED) is 0.683. The maximum absolute atomic E-state index is 11.3. The molecule has 0 spiro atoms. The molecular formula is C12H21NO. The van der Waals surface area contributed by atoms with Crippen LogP contribution >= 0.6 is 0 Å². The number of fused-ring (bicyclic) bond motifs is 2. The van der Waals surface area contributed by atoms with E-state index in [-0.39, 0.29) is 16.9 Å². The number of hydrogen-bond acceptors (Lipinski definition) is 1. The maximum Gasteiger partial charge on any atom is 0.217 e. The third-order valence-electron chi connectivity index (χ3n) is 5.04. The molecule has 14 heavy (non-hydrogen) atoms. The molecule has 80 valence electrons. The molecule has 0 radical (unpaired) electrons. The second-order valence-electron chi connectivity index (χ2n) is 5.81. The summed E-state index contributed by atoms with van der Waals surface area (Å²) in [6.07, 6.45) is 3.96. The fourth-order valence-electron chi connectivity index (χ4n) is 3.74. The molecule has 0 aromatic heterocycles. The predicted octanol–water partition coefficient (Wildman–Crippen LogP) is 2.34. The Balaban J connectivity index is 2.29. The van der Waals surface area contributed by atoms with E-state index in [1.165, 1.54) is 19.3 Å². The van der Waals surface area contributed by atoms with Crippen molar-refractivity contribution in [1.29, 1.82) is 0 Å². The van der Waals surface area contributed by atoms with E-state index in [2.05, 4.69) is 26.1 Å². The number of amides is 1. The van der Waals surface area contributed by atoms with Crippen LogP contribution in [0.2, 0.25) is 0 Å². The van der Waals surface area contributed by atoms with Crippen LogP contribution in [0.5, 0.6) is 0 Å². The monoisotopic (exact) mass is 195 g/mol. The predicted molar refractivity (Wildman–Crippen MR) is 56.8 cm³/mol. The molecule has 2 fully saturated rings. The van der Waals surface area contributed by atoms with Gasteiger partial charge in [0.1, 0.15) is 0 Å². The van der Waals surface area contributed by atoms with Crippen molar-refractivity contribution in [2.24, 2.45) is 17.3 Å². The summed E-state index contributed by atoms with van der Waals surface area (Å²) < 4.78 is 0. The fraction of sp³-hybridized carbons (Fsp3) is 0.917. The lowest BCUT2D eigenvalue weighted by molar-refractivity contribution is -0.123. The van der Waals surface area contributed by atoms with Gasteiger partial charge in [0.25, 0.3) is 0 Å². The molecule has 1 amide bonds. The molecule has 2 nitrogen and oxygen atoms in total. The first-order valence-electron chi connectivity index (χ1n) is 5.66. The van der Waals surface area contributed by atoms with Crippen LogP contribution in [0.15, 0.2) is 0 Å². The van der Waals surface area contributed by atoms with Gasteiger partial charge >= 0.3 is 0 Å². The van der Waals surface area contributed by atoms with Crippen LogP contribution in [0.1, 0.15) is 47.0 Å². The summed E-state index contributed by atoms with van der Waals surface area (Å²) in [5.41, 5.74) is 0.295. The van der Waals surface area contributed by atoms with Crippen LogP contribution in [-0.4, -0.2) is 11.4 Å². The zero-order valence-corrected chi connectivity index (χ0v) is 9.68. The summed E-state index contributed by atoms with van der Waals surface area (Å²) >= 11 is 0. The van der Waals surface area contributed by atoms with Crippen LogP contribution < -0.4 is 5.32 Å². The summed E-state index contributed by atoms with van der Waals surface area (Å²) in [5.74, 6) is 1.63. The van der Waals surface area contributed by atoms with E-state index in [4.69, 9.17) is 0 Å². The van der Waals surface area contributed by atoms with Gasteiger partial charge in [0.05, 0.1) is 0 Å². The number of nitrogens with one attached hydrogen (secondary N) is 1. The van der Waals surface area contributed by atoms with Crippen molar-refractivity contribution in [3.63, 3.8) is 0 Å². The highest BCUT2D eigenvalue weighted by Crippen LogP contribution is 2.61. The minimum Gasteiger partial charge on any atom is -0.350 e. The average Bonchev–Trinajstić information content (AvgIpc) is 2.54. The summed E-state index contributed by atoms with van der Waals surface area (Å²) in [6.45, 7) is 8.49. The Morgan fingerprint density at radius 2 is 1.79 bits per heavy atom. The van der Waals surface area contributed by atoms with Crippen LogP contribution in [0.3, 0.4) is 0 Å². The standard InChI is InChI=1S/C12H21NO/c1-8(14)13-12(4)10-6-5-9(7-10)11(12,2)3/h9-10H,5-7H2,1-4H3,(H,13,14)/t9-,10+,12-/m1/s1. The van der Waals surface area contributed by atoms with E-state index in [0.717, 1.165) is 5.92 Å². The minimum atomic E-state index is 0.0295. The number of carbonyl (C=O) groups excluding carboxylic acids is 1. The molecule has 0 aromatic rings. The molecule has 1 N–H and O–H groups in total. The van der Waals surface area contributed by atoms with E-state index < -0.39 is 0 Å². The van der Waals surface area contributed by atoms with E-state index in [1.807, 2.05) is 0 Å². The Hall–Kier alpha value is -0.530. The SMILES string of the molecule is CC(=O)N[C@]1(C)[C@H]2CC[C@H](C2)C1(C)C. The van der Waals surface area contributed by atoms with E-state index >= 15 is 0 Å². The van der Waals surface area contributed by atoms with Crippen molar-refractivity contribution in [1.82, 2.24) is 5.32 Å². The lowest BCUT2D eigenvalue weighted by Gasteiger charge is -2.48. The molecule has 0 unspecified atom stereocenters. The molecule has 2 bridgehead atoms. The smallest absolute Gasteiger partial charge is 0.217 e. The van der Waals surface area contributed by atoms with Crippen molar-refractivity contribution in [2.75, 3.05) is 0 Å². The maximum atomic E-state index is 11.3. The highest BCUT2D eigenvalue weighted by molar-refractivity contribution is 5.74. The Morgan fingerprint density at radius 1 is 1.21 bits per heavy atom. The fourth-order valence-corrected chi connectivity index (χ4v) is 3.74. The van der Waals surface area contributed by atoms with Gasteiger partial charge in [-0.25, -0.2) is 0 Å². The first kappa shape index (κ1) is 10.0. The highest BCUT2D eigenvalue weighted by Gasteiger charge is 2.60. The Morgan fingerprint density at radius 3 is 2.21 bits per heavy atom. The normalized spacial score (nSPS) is 44.0. The summed E-state index contributed by atoms with van der Waals surface area (Å²) in [4.78, 5) is 11.3. The van der Waals surface area contributed by atoms with Crippen molar-refractivity contribution >= 4 is 5.91 Å². The van der Waals surface area contributed by atoms with Gasteiger partial charge in [0.2, 0.25) is 5.91 Å². The van der Waals surface area contributed by atoms with Crippen LogP contribution in [-0.2, 0) is 4.79 Å². The van der Waals surface area contributed by atoms with Crippen LogP contribution in [0.25, 0.3) is 0 Å². The van der Waals surface area contributed by atoms with E-state index in [0.29, 0.717) is 5.92 Å². The Kier molecular flexibility index (Phi) is 1.96. The van der Waals surface area contributed by atoms with Gasteiger partial charge in [-0.3, -0.25) is 4.79 Å². The zero-order valence-electron chi connectivity index (χ0n) is 9.68. The average molecular weight is 195 g/mol. The first-order chi connectivity index (χ1) is 6.38. The largest absolute Gasteiger partial charge is 0.350 e. The van der Waals surface area contributed by atoms with Crippen molar-refractivity contribution in [2.45, 2.75) is 52.5 Å². The number of carbonyl (C=O) groups is 1. The molecule has 2 heteroatoms. The molecule has 0 saturated heterocycles. The van der Waals surface area contributed by atoms with E-state index in [1.54, 1.807) is 6.92 Å². The van der Waals surface area contributed by atoms with E-state index in [9.17, 15) is 4.79 Å². The molecule has 2 aliphatic carbocycles. The van der Waals surface area contributed by atoms with Crippen LogP contribution in [0.4, 0.5) is 0 Å². The number of hydrogen-bond donors (Lipinski definition) is 1. The highest BCUT2D eigenvalue weighted by atomic mass is 16.1. The van der Waals surface area contributed by atoms with Crippen molar-refractivity contribution < 1.29 is 4.79 Å². The minimum absolute atomic E-state index is 0.0295. The second-order valence-corrected chi connectivity index (χ2v) is 5.81. The third-order valence-corrected chi connectivity index (χ3v) is 5.04. The Labute approximate surface area is 86.5 Å². The molecule has 0 aliphatic heterocycles. The van der Waals surface area contributed by atoms with Gasteiger partial charge in [-0.15, -0.1) is 0 Å². The summed E-state index contributed by atoms with van der Waals surface area (Å²) in [7, 11) is 0. The molecule has 0 aromatic carbocycles. The van der Waals surface area contributed by atoms with Gasteiger partial charge < -0.3 is 5.32 Å². The lowest BCUT2D eigenvalue weighted by Crippen LogP contribution is -2.58. The molecule has 0 heterocycles. The molecule has 2 rings (SSSR count). The molecule has 3 atom stereocenters. The lowest BCUT2D eigenvalue weighted by atomic mass is 9.64. The summed E-state index contributed by atoms with van der Waals surface area (Å²) in [5, 5.41) is 3.20. The molecule has 2 saturated carbocycles. The topological polar surface area (TPSA) is 29.1 Å². The zero-order chi connectivity index (χ0) is 10.6. The Bertz CT molecular complexity index is 271. The van der Waals surface area contributed by atoms with Gasteiger partial charge in [-0.2, -0.15) is 0 Å². The van der Waals surface area contributed by atoms with Gasteiger partial charge in [-0.1, -0.05) is 13.8 Å². The second kappa shape index (κ2) is 2.74. The third kappa shape index (κ3) is 1.06. The summed E-state index contributed by atoms with van der Waals surface area (Å²) in [6, 6.07) is 0. The van der Waals surface area contributed by atoms with Gasteiger partial charge in [-0.05, 0) is 43.4 Å². The van der Waals surface area contributed by atoms with Gasteiger partial charge in [0, 0.05) is 12.5 Å². The number of rotatable bonds is 1. The van der Waals surface area contributed by atoms with Crippen molar-refractivity contribution in [3.05, 3.63) is 0 Å². The van der Waals surface area contributed by atoms with Crippen LogP contribution in [0, 0.1) is 17.3 Å². The van der Waals surface area contributed by atoms with Crippen molar-refractivity contribution in [3.8, 4) is 0 Å².